The molecule has 9 heteroatoms. The quantitative estimate of drug-likeness (QED) is 0.529. The minimum Gasteiger partial charge on any atom is -0.369 e. The standard InChI is InChI=1S/C15H14N4O3S2/c1-2-3-10-12(11-13(20)17-15(16)18-14(11)24-10)23-9-6-4-8(5-7-9)19(21)22/h4-7H,2-3H2,1H3,(H3,16,17,18,20). The first-order chi connectivity index (χ1) is 11.5. The largest absolute Gasteiger partial charge is 0.369 e. The fourth-order valence-electron chi connectivity index (χ4n) is 2.30. The first-order valence-corrected chi connectivity index (χ1v) is 8.86. The van der Waals surface area contributed by atoms with Crippen molar-refractivity contribution in [2.45, 2.75) is 29.6 Å². The Bertz CT molecular complexity index is 963. The maximum atomic E-state index is 12.3. The Morgan fingerprint density at radius 3 is 2.71 bits per heavy atom. The summed E-state index contributed by atoms with van der Waals surface area (Å²) in [6.45, 7) is 2.07. The van der Waals surface area contributed by atoms with E-state index < -0.39 is 4.92 Å². The predicted molar refractivity (Wildman–Crippen MR) is 95.9 cm³/mol. The van der Waals surface area contributed by atoms with Gasteiger partial charge in [-0.05, 0) is 18.6 Å². The summed E-state index contributed by atoms with van der Waals surface area (Å²) >= 11 is 2.88. The number of nitrogens with zero attached hydrogens (tertiary/aromatic N) is 2. The van der Waals surface area contributed by atoms with Gasteiger partial charge in [0, 0.05) is 26.8 Å². The molecule has 7 nitrogen and oxygen atoms in total. The van der Waals surface area contributed by atoms with Crippen LogP contribution in [-0.4, -0.2) is 14.9 Å². The lowest BCUT2D eigenvalue weighted by atomic mass is 10.2. The normalized spacial score (nSPS) is 11.0. The molecular formula is C15H14N4O3S2. The van der Waals surface area contributed by atoms with Gasteiger partial charge < -0.3 is 5.73 Å². The molecule has 1 aromatic carbocycles. The molecule has 0 fully saturated rings. The van der Waals surface area contributed by atoms with E-state index in [9.17, 15) is 14.9 Å². The van der Waals surface area contributed by atoms with Gasteiger partial charge in [0.25, 0.3) is 11.2 Å². The molecule has 2 heterocycles. The van der Waals surface area contributed by atoms with E-state index in [1.807, 2.05) is 0 Å². The van der Waals surface area contributed by atoms with Crippen LogP contribution in [0.4, 0.5) is 11.6 Å². The number of nitrogen functional groups attached to an aromatic ring is 1. The molecule has 0 amide bonds. The number of rotatable bonds is 5. The molecule has 0 bridgehead atoms. The summed E-state index contributed by atoms with van der Waals surface area (Å²) in [5.41, 5.74) is 5.40. The van der Waals surface area contributed by atoms with Crippen LogP contribution in [0.25, 0.3) is 10.2 Å². The first-order valence-electron chi connectivity index (χ1n) is 7.23. The third-order valence-corrected chi connectivity index (χ3v) is 5.78. The van der Waals surface area contributed by atoms with Crippen LogP contribution in [0, 0.1) is 10.1 Å². The summed E-state index contributed by atoms with van der Waals surface area (Å²) in [5.74, 6) is 0.101. The SMILES string of the molecule is CCCc1sc2nc(N)[nH]c(=O)c2c1Sc1ccc([N+](=O)[O-])cc1. The van der Waals surface area contributed by atoms with Gasteiger partial charge in [0.2, 0.25) is 5.95 Å². The lowest BCUT2D eigenvalue weighted by molar-refractivity contribution is -0.384. The first kappa shape index (κ1) is 16.5. The van der Waals surface area contributed by atoms with Crippen molar-refractivity contribution in [3.05, 3.63) is 49.6 Å². The average Bonchev–Trinajstić information content (AvgIpc) is 2.85. The van der Waals surface area contributed by atoms with Gasteiger partial charge in [0.1, 0.15) is 4.83 Å². The van der Waals surface area contributed by atoms with Gasteiger partial charge in [-0.3, -0.25) is 19.9 Å². The van der Waals surface area contributed by atoms with E-state index in [-0.39, 0.29) is 17.2 Å². The van der Waals surface area contributed by atoms with Gasteiger partial charge in [-0.2, -0.15) is 0 Å². The number of H-pyrrole nitrogens is 1. The van der Waals surface area contributed by atoms with E-state index in [2.05, 4.69) is 16.9 Å². The van der Waals surface area contributed by atoms with E-state index >= 15 is 0 Å². The number of nitrogens with two attached hydrogens (primary N) is 1. The zero-order valence-corrected chi connectivity index (χ0v) is 14.4. The molecule has 0 saturated carbocycles. The Kier molecular flexibility index (Phi) is 4.54. The summed E-state index contributed by atoms with van der Waals surface area (Å²) in [7, 11) is 0. The zero-order chi connectivity index (χ0) is 17.3. The maximum Gasteiger partial charge on any atom is 0.269 e. The lowest BCUT2D eigenvalue weighted by Crippen LogP contribution is -2.10. The second-order valence-corrected chi connectivity index (χ2v) is 7.26. The van der Waals surface area contributed by atoms with Crippen molar-refractivity contribution in [2.24, 2.45) is 0 Å². The minimum absolute atomic E-state index is 0.0376. The monoisotopic (exact) mass is 362 g/mol. The summed E-state index contributed by atoms with van der Waals surface area (Å²) in [6, 6.07) is 6.27. The lowest BCUT2D eigenvalue weighted by Gasteiger charge is -2.03. The number of nitro benzene ring substituents is 1. The molecule has 2 aromatic heterocycles. The topological polar surface area (TPSA) is 115 Å². The summed E-state index contributed by atoms with van der Waals surface area (Å²) < 4.78 is 0. The zero-order valence-electron chi connectivity index (χ0n) is 12.7. The summed E-state index contributed by atoms with van der Waals surface area (Å²) in [4.78, 5) is 32.7. The fraction of sp³-hybridized carbons (Fsp3) is 0.200. The molecule has 0 atom stereocenters. The van der Waals surface area contributed by atoms with Crippen LogP contribution in [0.3, 0.4) is 0 Å². The number of aromatic nitrogens is 2. The Balaban J connectivity index is 2.08. The fourth-order valence-corrected chi connectivity index (χ4v) is 4.80. The Labute approximate surface area is 145 Å². The van der Waals surface area contributed by atoms with E-state index in [0.29, 0.717) is 10.2 Å². The molecule has 0 unspecified atom stereocenters. The van der Waals surface area contributed by atoms with Crippen LogP contribution in [0.5, 0.6) is 0 Å². The van der Waals surface area contributed by atoms with Crippen molar-refractivity contribution in [3.63, 3.8) is 0 Å². The van der Waals surface area contributed by atoms with Crippen LogP contribution in [0.2, 0.25) is 0 Å². The van der Waals surface area contributed by atoms with Gasteiger partial charge in [-0.1, -0.05) is 25.1 Å². The molecule has 24 heavy (non-hydrogen) atoms. The number of fused-ring (bicyclic) bond motifs is 1. The van der Waals surface area contributed by atoms with Crippen molar-refractivity contribution in [1.82, 2.24) is 9.97 Å². The van der Waals surface area contributed by atoms with Gasteiger partial charge in [0.05, 0.1) is 10.3 Å². The van der Waals surface area contributed by atoms with Crippen LogP contribution >= 0.6 is 23.1 Å². The highest BCUT2D eigenvalue weighted by atomic mass is 32.2. The molecule has 3 rings (SSSR count). The number of nitrogens with one attached hydrogen (secondary N) is 1. The van der Waals surface area contributed by atoms with Crippen molar-refractivity contribution in [2.75, 3.05) is 5.73 Å². The van der Waals surface area contributed by atoms with Gasteiger partial charge in [-0.15, -0.1) is 11.3 Å². The van der Waals surface area contributed by atoms with Crippen molar-refractivity contribution in [3.8, 4) is 0 Å². The van der Waals surface area contributed by atoms with Crippen LogP contribution in [0.15, 0.2) is 38.9 Å². The van der Waals surface area contributed by atoms with Crippen LogP contribution < -0.4 is 11.3 Å². The minimum atomic E-state index is -0.436. The van der Waals surface area contributed by atoms with E-state index in [4.69, 9.17) is 5.73 Å². The molecule has 3 N–H and O–H groups in total. The molecule has 0 aliphatic carbocycles. The van der Waals surface area contributed by atoms with E-state index in [0.717, 1.165) is 27.5 Å². The molecule has 3 aromatic rings. The third kappa shape index (κ3) is 3.13. The van der Waals surface area contributed by atoms with Crippen molar-refractivity contribution >= 4 is 45.0 Å². The van der Waals surface area contributed by atoms with Crippen molar-refractivity contribution in [1.29, 1.82) is 0 Å². The van der Waals surface area contributed by atoms with Gasteiger partial charge in [-0.25, -0.2) is 4.98 Å². The molecular weight excluding hydrogens is 348 g/mol. The smallest absolute Gasteiger partial charge is 0.269 e. The highest BCUT2D eigenvalue weighted by molar-refractivity contribution is 7.99. The third-order valence-electron chi connectivity index (χ3n) is 3.35. The highest BCUT2D eigenvalue weighted by Crippen LogP contribution is 2.40. The van der Waals surface area contributed by atoms with Crippen LogP contribution in [0.1, 0.15) is 18.2 Å². The van der Waals surface area contributed by atoms with Crippen LogP contribution in [-0.2, 0) is 6.42 Å². The second-order valence-electron chi connectivity index (χ2n) is 5.09. The van der Waals surface area contributed by atoms with Gasteiger partial charge in [0.15, 0.2) is 0 Å². The second kappa shape index (κ2) is 6.62. The molecule has 0 saturated heterocycles. The number of benzene rings is 1. The summed E-state index contributed by atoms with van der Waals surface area (Å²) in [6.07, 6.45) is 1.77. The number of hydrogen-bond donors (Lipinski definition) is 2. The summed E-state index contributed by atoms with van der Waals surface area (Å²) in [5, 5.41) is 11.3. The number of hydrogen-bond acceptors (Lipinski definition) is 7. The number of anilines is 1. The highest BCUT2D eigenvalue weighted by Gasteiger charge is 2.18. The number of thiophene rings is 1. The molecule has 0 aliphatic rings. The number of non-ortho nitro benzene ring substituents is 1. The predicted octanol–water partition coefficient (Wildman–Crippen LogP) is 3.58. The van der Waals surface area contributed by atoms with Gasteiger partial charge >= 0.3 is 0 Å². The van der Waals surface area contributed by atoms with E-state index in [1.54, 1.807) is 12.1 Å². The molecule has 124 valence electrons. The molecule has 0 aliphatic heterocycles. The average molecular weight is 362 g/mol. The number of aryl methyl sites for hydroxylation is 1. The van der Waals surface area contributed by atoms with Crippen molar-refractivity contribution < 1.29 is 4.92 Å². The maximum absolute atomic E-state index is 12.3. The molecule has 0 spiro atoms. The Hall–Kier alpha value is -2.39. The number of aromatic amines is 1. The Morgan fingerprint density at radius 1 is 1.38 bits per heavy atom. The Morgan fingerprint density at radius 2 is 2.08 bits per heavy atom. The number of nitro groups is 1. The van der Waals surface area contributed by atoms with E-state index in [1.165, 1.54) is 35.2 Å². The molecule has 0 radical (unpaired) electrons.